The maximum atomic E-state index is 13.3. The highest BCUT2D eigenvalue weighted by molar-refractivity contribution is 5.90. The first-order valence-corrected chi connectivity index (χ1v) is 4.50. The normalized spacial score (nSPS) is 9.41. The number of methoxy groups -OCH3 is 1. The van der Waals surface area contributed by atoms with Gasteiger partial charge in [-0.1, -0.05) is 0 Å². The predicted molar refractivity (Wildman–Crippen MR) is 59.5 cm³/mol. The van der Waals surface area contributed by atoms with Gasteiger partial charge in [0.2, 0.25) is 0 Å². The largest absolute Gasteiger partial charge is 0.492 e. The van der Waals surface area contributed by atoms with Crippen molar-refractivity contribution < 1.29 is 23.0 Å². The van der Waals surface area contributed by atoms with Crippen molar-refractivity contribution in [3.63, 3.8) is 0 Å². The minimum absolute atomic E-state index is 0. The fraction of sp³-hybridized carbons (Fsp3) is 0.300. The van der Waals surface area contributed by atoms with Gasteiger partial charge in [-0.05, 0) is 0 Å². The van der Waals surface area contributed by atoms with E-state index in [-0.39, 0.29) is 31.3 Å². The van der Waals surface area contributed by atoms with Crippen LogP contribution in [0.4, 0.5) is 8.78 Å². The van der Waals surface area contributed by atoms with E-state index in [1.807, 2.05) is 0 Å². The number of carbonyl (C=O) groups excluding carboxylic acids is 1. The Bertz CT molecular complexity index is 378. The highest BCUT2D eigenvalue weighted by atomic mass is 35.5. The second-order valence-electron chi connectivity index (χ2n) is 2.89. The molecule has 0 atom stereocenters. The molecule has 0 aliphatic heterocycles. The van der Waals surface area contributed by atoms with Gasteiger partial charge in [0.1, 0.15) is 29.6 Å². The number of esters is 1. The molecule has 0 saturated carbocycles. The van der Waals surface area contributed by atoms with Crippen molar-refractivity contribution in [3.05, 3.63) is 29.3 Å². The van der Waals surface area contributed by atoms with Crippen molar-refractivity contribution in [1.29, 1.82) is 0 Å². The van der Waals surface area contributed by atoms with Gasteiger partial charge < -0.3 is 15.2 Å². The van der Waals surface area contributed by atoms with Crippen molar-refractivity contribution in [2.75, 3.05) is 20.3 Å². The summed E-state index contributed by atoms with van der Waals surface area (Å²) in [6.07, 6.45) is 0. The molecule has 0 radical (unpaired) electrons. The van der Waals surface area contributed by atoms with Gasteiger partial charge in [-0.3, -0.25) is 0 Å². The van der Waals surface area contributed by atoms with Crippen molar-refractivity contribution in [3.8, 4) is 5.75 Å². The molecule has 17 heavy (non-hydrogen) atoms. The minimum atomic E-state index is -1.07. The fourth-order valence-electron chi connectivity index (χ4n) is 1.11. The lowest BCUT2D eigenvalue weighted by molar-refractivity contribution is 0.0589. The Labute approximate surface area is 103 Å². The molecule has 7 heteroatoms. The summed E-state index contributed by atoms with van der Waals surface area (Å²) in [5, 5.41) is 0. The molecule has 0 aromatic heterocycles. The molecule has 0 aliphatic rings. The molecular weight excluding hydrogens is 256 g/mol. The molecule has 0 unspecified atom stereocenters. The van der Waals surface area contributed by atoms with Crippen LogP contribution >= 0.6 is 12.4 Å². The summed E-state index contributed by atoms with van der Waals surface area (Å²) in [5.41, 5.74) is 4.43. The smallest absolute Gasteiger partial charge is 0.343 e. The Morgan fingerprint density at radius 1 is 1.35 bits per heavy atom. The average Bonchev–Trinajstić information content (AvgIpc) is 2.25. The zero-order valence-corrected chi connectivity index (χ0v) is 9.85. The molecule has 2 N–H and O–H groups in total. The molecular formula is C10H12ClF2NO3. The Hall–Kier alpha value is -1.40. The number of ether oxygens (including phenoxy) is 2. The average molecular weight is 268 g/mol. The molecule has 0 aliphatic carbocycles. The minimum Gasteiger partial charge on any atom is -0.492 e. The van der Waals surface area contributed by atoms with Crippen molar-refractivity contribution in [2.24, 2.45) is 5.73 Å². The van der Waals surface area contributed by atoms with E-state index in [0.29, 0.717) is 0 Å². The first-order chi connectivity index (χ1) is 7.60. The Morgan fingerprint density at radius 3 is 2.29 bits per heavy atom. The zero-order chi connectivity index (χ0) is 12.1. The molecule has 0 fully saturated rings. The highest BCUT2D eigenvalue weighted by Crippen LogP contribution is 2.21. The van der Waals surface area contributed by atoms with Gasteiger partial charge in [0.05, 0.1) is 7.11 Å². The van der Waals surface area contributed by atoms with Crippen LogP contribution in [0.3, 0.4) is 0 Å². The van der Waals surface area contributed by atoms with Crippen LogP contribution in [0.1, 0.15) is 10.4 Å². The Balaban J connectivity index is 0.00000256. The molecule has 4 nitrogen and oxygen atoms in total. The number of hydrogen-bond acceptors (Lipinski definition) is 4. The number of benzene rings is 1. The van der Waals surface area contributed by atoms with Gasteiger partial charge >= 0.3 is 5.97 Å². The number of halogens is 3. The number of hydrogen-bond donors (Lipinski definition) is 1. The first-order valence-electron chi connectivity index (χ1n) is 4.50. The van der Waals surface area contributed by atoms with E-state index in [9.17, 15) is 13.6 Å². The van der Waals surface area contributed by atoms with Crippen molar-refractivity contribution in [1.82, 2.24) is 0 Å². The van der Waals surface area contributed by atoms with E-state index in [0.717, 1.165) is 19.2 Å². The van der Waals surface area contributed by atoms with E-state index >= 15 is 0 Å². The van der Waals surface area contributed by atoms with E-state index in [4.69, 9.17) is 10.5 Å². The van der Waals surface area contributed by atoms with Gasteiger partial charge in [0, 0.05) is 18.7 Å². The standard InChI is InChI=1S/C10H11F2NO3.ClH/c1-15-10(14)9-7(11)4-6(5-8(9)12)16-3-2-13;/h4-5H,2-3,13H2,1H3;1H. The van der Waals surface area contributed by atoms with Crippen molar-refractivity contribution >= 4 is 18.4 Å². The second-order valence-corrected chi connectivity index (χ2v) is 2.89. The number of carbonyl (C=O) groups is 1. The van der Waals surface area contributed by atoms with E-state index in [2.05, 4.69) is 4.74 Å². The molecule has 0 bridgehead atoms. The highest BCUT2D eigenvalue weighted by Gasteiger charge is 2.19. The molecule has 1 aromatic rings. The van der Waals surface area contributed by atoms with E-state index in [1.165, 1.54) is 0 Å². The van der Waals surface area contributed by atoms with Crippen LogP contribution in [0.15, 0.2) is 12.1 Å². The van der Waals surface area contributed by atoms with Crippen molar-refractivity contribution in [2.45, 2.75) is 0 Å². The van der Waals surface area contributed by atoms with Crippen LogP contribution in [0.5, 0.6) is 5.75 Å². The first kappa shape index (κ1) is 15.6. The van der Waals surface area contributed by atoms with Gasteiger partial charge in [0.15, 0.2) is 0 Å². The third kappa shape index (κ3) is 3.83. The lowest BCUT2D eigenvalue weighted by Crippen LogP contribution is -2.12. The molecule has 0 heterocycles. The van der Waals surface area contributed by atoms with Crippen LogP contribution in [0.25, 0.3) is 0 Å². The maximum Gasteiger partial charge on any atom is 0.343 e. The lowest BCUT2D eigenvalue weighted by atomic mass is 10.2. The quantitative estimate of drug-likeness (QED) is 0.840. The monoisotopic (exact) mass is 267 g/mol. The molecule has 0 amide bonds. The Kier molecular flexibility index (Phi) is 6.45. The van der Waals surface area contributed by atoms with Gasteiger partial charge in [-0.2, -0.15) is 0 Å². The van der Waals surface area contributed by atoms with Crippen LogP contribution in [0.2, 0.25) is 0 Å². The third-order valence-electron chi connectivity index (χ3n) is 1.79. The third-order valence-corrected chi connectivity index (χ3v) is 1.79. The van der Waals surface area contributed by atoms with Gasteiger partial charge in [0.25, 0.3) is 0 Å². The summed E-state index contributed by atoms with van der Waals surface area (Å²) in [6.45, 7) is 0.360. The molecule has 0 saturated heterocycles. The number of nitrogens with two attached hydrogens (primary N) is 1. The zero-order valence-electron chi connectivity index (χ0n) is 9.04. The topological polar surface area (TPSA) is 61.5 Å². The summed E-state index contributed by atoms with van der Waals surface area (Å²) >= 11 is 0. The number of rotatable bonds is 4. The van der Waals surface area contributed by atoms with E-state index < -0.39 is 23.2 Å². The van der Waals surface area contributed by atoms with Gasteiger partial charge in [-0.15, -0.1) is 12.4 Å². The lowest BCUT2D eigenvalue weighted by Gasteiger charge is -2.07. The predicted octanol–water partition coefficient (Wildman–Crippen LogP) is 1.51. The molecule has 1 rings (SSSR count). The van der Waals surface area contributed by atoms with Crippen LogP contribution < -0.4 is 10.5 Å². The molecule has 96 valence electrons. The van der Waals surface area contributed by atoms with Gasteiger partial charge in [-0.25, -0.2) is 13.6 Å². The van der Waals surface area contributed by atoms with Crippen LogP contribution in [-0.2, 0) is 4.74 Å². The summed E-state index contributed by atoms with van der Waals surface area (Å²) in [6, 6.07) is 1.82. The van der Waals surface area contributed by atoms with Crippen LogP contribution in [0, 0.1) is 11.6 Å². The maximum absolute atomic E-state index is 13.3. The fourth-order valence-corrected chi connectivity index (χ4v) is 1.11. The summed E-state index contributed by atoms with van der Waals surface area (Å²) in [5.74, 6) is -3.15. The Morgan fingerprint density at radius 2 is 1.88 bits per heavy atom. The summed E-state index contributed by atoms with van der Waals surface area (Å²) in [4.78, 5) is 11.0. The second kappa shape index (κ2) is 7.03. The van der Waals surface area contributed by atoms with Crippen LogP contribution in [-0.4, -0.2) is 26.2 Å². The van der Waals surface area contributed by atoms with E-state index in [1.54, 1.807) is 0 Å². The summed E-state index contributed by atoms with van der Waals surface area (Å²) in [7, 11) is 1.04. The molecule has 1 aromatic carbocycles. The SMILES string of the molecule is COC(=O)c1c(F)cc(OCCN)cc1F.Cl. The molecule has 0 spiro atoms. The summed E-state index contributed by atoms with van der Waals surface area (Å²) < 4.78 is 35.8.